The van der Waals surface area contributed by atoms with Crippen LogP contribution in [-0.2, 0) is 17.4 Å². The molecule has 3 nitrogen and oxygen atoms in total. The maximum atomic E-state index is 3.30. The third kappa shape index (κ3) is 9.58. The van der Waals surface area contributed by atoms with Gasteiger partial charge in [0.15, 0.2) is 0 Å². The van der Waals surface area contributed by atoms with Gasteiger partial charge in [-0.25, -0.2) is 5.01 Å². The second-order valence-electron chi connectivity index (χ2n) is 2.91. The molecular weight excluding hydrogens is 272 g/mol. The average Bonchev–Trinajstić information content (AvgIpc) is 1.59. The molecule has 1 unspecified atom stereocenters. The predicted octanol–water partition coefficient (Wildman–Crippen LogP) is -9.28. The summed E-state index contributed by atoms with van der Waals surface area (Å²) in [6, 6.07) is 0.591. The number of rotatable bonds is 0. The SMILES string of the molecule is CC1CN(C)CN(C)N1.[Cl-].[Cl-].[Cl-].[Cr+3]. The minimum Gasteiger partial charge on any atom is -1.00 e. The van der Waals surface area contributed by atoms with Crippen LogP contribution in [0.2, 0.25) is 0 Å². The third-order valence-corrected chi connectivity index (χ3v) is 1.48. The van der Waals surface area contributed by atoms with E-state index >= 15 is 0 Å². The fraction of sp³-hybridized carbons (Fsp3) is 1.00. The van der Waals surface area contributed by atoms with Crippen molar-refractivity contribution < 1.29 is 54.6 Å². The van der Waals surface area contributed by atoms with Crippen LogP contribution in [0, 0.1) is 0 Å². The first-order chi connectivity index (χ1) is 4.18. The van der Waals surface area contributed by atoms with E-state index in [1.807, 2.05) is 0 Å². The zero-order chi connectivity index (χ0) is 6.85. The normalized spacial score (nSPS) is 22.8. The summed E-state index contributed by atoms with van der Waals surface area (Å²) in [5.41, 5.74) is 3.30. The third-order valence-electron chi connectivity index (χ3n) is 1.48. The van der Waals surface area contributed by atoms with Crippen molar-refractivity contribution in [2.45, 2.75) is 13.0 Å². The molecule has 7 heteroatoms. The minimum absolute atomic E-state index is 0. The molecule has 0 aromatic rings. The number of likely N-dealkylation sites (N-methyl/N-ethyl adjacent to an activating group) is 1. The first kappa shape index (κ1) is 23.8. The summed E-state index contributed by atoms with van der Waals surface area (Å²) in [5.74, 6) is 0. The van der Waals surface area contributed by atoms with Crippen molar-refractivity contribution in [1.82, 2.24) is 15.3 Å². The quantitative estimate of drug-likeness (QED) is 0.477. The molecule has 1 atom stereocenters. The van der Waals surface area contributed by atoms with Gasteiger partial charge in [-0.1, -0.05) is 0 Å². The van der Waals surface area contributed by atoms with Crippen LogP contribution < -0.4 is 42.6 Å². The maximum absolute atomic E-state index is 3.30. The molecule has 1 radical (unpaired) electrons. The first-order valence-electron chi connectivity index (χ1n) is 3.34. The van der Waals surface area contributed by atoms with Gasteiger partial charge in [-0.2, -0.15) is 0 Å². The van der Waals surface area contributed by atoms with Crippen molar-refractivity contribution in [3.05, 3.63) is 0 Å². The Bertz CT molecular complexity index is 84.1. The Morgan fingerprint density at radius 1 is 1.15 bits per heavy atom. The van der Waals surface area contributed by atoms with Crippen LogP contribution in [0.25, 0.3) is 0 Å². The molecule has 1 saturated heterocycles. The molecule has 1 aliphatic heterocycles. The summed E-state index contributed by atoms with van der Waals surface area (Å²) in [4.78, 5) is 2.29. The fourth-order valence-electron chi connectivity index (χ4n) is 1.35. The average molecular weight is 288 g/mol. The molecule has 0 amide bonds. The van der Waals surface area contributed by atoms with E-state index in [-0.39, 0.29) is 54.6 Å². The van der Waals surface area contributed by atoms with Gasteiger partial charge in [0.25, 0.3) is 0 Å². The predicted molar refractivity (Wildman–Crippen MR) is 37.9 cm³/mol. The Kier molecular flexibility index (Phi) is 20.8. The van der Waals surface area contributed by atoms with Crippen LogP contribution in [0.15, 0.2) is 0 Å². The second-order valence-corrected chi connectivity index (χ2v) is 2.91. The number of hydrazine groups is 1. The van der Waals surface area contributed by atoms with Gasteiger partial charge >= 0.3 is 17.4 Å². The van der Waals surface area contributed by atoms with E-state index < -0.39 is 0 Å². The Hall–Kier alpha value is 1.28. The topological polar surface area (TPSA) is 18.5 Å². The number of hydrogen-bond acceptors (Lipinski definition) is 3. The Morgan fingerprint density at radius 3 is 1.92 bits per heavy atom. The molecule has 13 heavy (non-hydrogen) atoms. The second kappa shape index (κ2) is 11.4. The molecule has 1 rings (SSSR count). The van der Waals surface area contributed by atoms with Crippen LogP contribution in [0.4, 0.5) is 0 Å². The van der Waals surface area contributed by atoms with Crippen molar-refractivity contribution in [2.75, 3.05) is 27.3 Å². The van der Waals surface area contributed by atoms with E-state index in [0.717, 1.165) is 13.2 Å². The van der Waals surface area contributed by atoms with Gasteiger partial charge in [0.2, 0.25) is 0 Å². The van der Waals surface area contributed by atoms with Gasteiger partial charge in [-0.15, -0.1) is 0 Å². The molecule has 1 aliphatic rings. The Morgan fingerprint density at radius 2 is 1.62 bits per heavy atom. The van der Waals surface area contributed by atoms with Crippen molar-refractivity contribution in [3.8, 4) is 0 Å². The van der Waals surface area contributed by atoms with Crippen molar-refractivity contribution >= 4 is 0 Å². The van der Waals surface area contributed by atoms with Gasteiger partial charge in [-0.3, -0.25) is 10.3 Å². The fourth-order valence-corrected chi connectivity index (χ4v) is 1.35. The van der Waals surface area contributed by atoms with Crippen molar-refractivity contribution in [2.24, 2.45) is 0 Å². The molecular formula is C6H15Cl3CrN3. The molecule has 1 heterocycles. The van der Waals surface area contributed by atoms with E-state index in [4.69, 9.17) is 0 Å². The Labute approximate surface area is 110 Å². The molecule has 0 spiro atoms. The van der Waals surface area contributed by atoms with Crippen LogP contribution in [0.1, 0.15) is 6.92 Å². The van der Waals surface area contributed by atoms with E-state index in [9.17, 15) is 0 Å². The van der Waals surface area contributed by atoms with Gasteiger partial charge in [0.1, 0.15) is 0 Å². The molecule has 1 N–H and O–H groups in total. The number of hydrogen-bond donors (Lipinski definition) is 1. The molecule has 1 fully saturated rings. The van der Waals surface area contributed by atoms with Crippen LogP contribution >= 0.6 is 0 Å². The molecule has 0 aromatic carbocycles. The van der Waals surface area contributed by atoms with Crippen LogP contribution in [0.5, 0.6) is 0 Å². The van der Waals surface area contributed by atoms with Crippen LogP contribution in [0.3, 0.4) is 0 Å². The number of halogens is 3. The van der Waals surface area contributed by atoms with Crippen LogP contribution in [-0.4, -0.2) is 43.3 Å². The maximum Gasteiger partial charge on any atom is 3.00 e. The minimum atomic E-state index is 0. The number of nitrogens with zero attached hydrogens (tertiary/aromatic N) is 2. The molecule has 0 aliphatic carbocycles. The van der Waals surface area contributed by atoms with Crippen molar-refractivity contribution in [1.29, 1.82) is 0 Å². The standard InChI is InChI=1S/C6H15N3.3ClH.Cr/c1-6-4-8(2)5-9(3)7-6;;;;/h6-7H,4-5H2,1-3H3;3*1H;/q;;;;+3/p-3. The van der Waals surface area contributed by atoms with E-state index in [0.29, 0.717) is 6.04 Å². The van der Waals surface area contributed by atoms with Gasteiger partial charge in [0, 0.05) is 19.6 Å². The number of nitrogens with one attached hydrogen (secondary N) is 1. The first-order valence-corrected chi connectivity index (χ1v) is 3.34. The van der Waals surface area contributed by atoms with Gasteiger partial charge in [0.05, 0.1) is 6.67 Å². The summed E-state index contributed by atoms with van der Waals surface area (Å²) in [6.45, 7) is 4.35. The van der Waals surface area contributed by atoms with Gasteiger partial charge < -0.3 is 37.2 Å². The summed E-state index contributed by atoms with van der Waals surface area (Å²) in [6.07, 6.45) is 0. The molecule has 0 aromatic heterocycles. The zero-order valence-corrected chi connectivity index (χ0v) is 11.5. The van der Waals surface area contributed by atoms with E-state index in [1.54, 1.807) is 0 Å². The van der Waals surface area contributed by atoms with Crippen molar-refractivity contribution in [3.63, 3.8) is 0 Å². The summed E-state index contributed by atoms with van der Waals surface area (Å²) < 4.78 is 0. The zero-order valence-electron chi connectivity index (χ0n) is 7.93. The smallest absolute Gasteiger partial charge is 1.00 e. The summed E-state index contributed by atoms with van der Waals surface area (Å²) >= 11 is 0. The van der Waals surface area contributed by atoms with E-state index in [1.165, 1.54) is 0 Å². The molecule has 0 saturated carbocycles. The largest absolute Gasteiger partial charge is 3.00 e. The summed E-state index contributed by atoms with van der Waals surface area (Å²) in [5, 5.41) is 2.11. The van der Waals surface area contributed by atoms with E-state index in [2.05, 4.69) is 36.4 Å². The Balaban J connectivity index is -0.000000101. The van der Waals surface area contributed by atoms with Gasteiger partial charge in [-0.05, 0) is 14.0 Å². The monoisotopic (exact) mass is 286 g/mol. The summed E-state index contributed by atoms with van der Waals surface area (Å²) in [7, 11) is 4.19. The molecule has 81 valence electrons. The molecule has 0 bridgehead atoms.